The lowest BCUT2D eigenvalue weighted by Crippen LogP contribution is -2.39. The van der Waals surface area contributed by atoms with Crippen LogP contribution in [0.25, 0.3) is 21.2 Å². The van der Waals surface area contributed by atoms with Crippen molar-refractivity contribution < 1.29 is 83.1 Å². The predicted molar refractivity (Wildman–Crippen MR) is 290 cm³/mol. The summed E-state index contributed by atoms with van der Waals surface area (Å²) in [5, 5.41) is 36.4. The van der Waals surface area contributed by atoms with Gasteiger partial charge in [-0.25, -0.2) is 0 Å². The Bertz CT molecular complexity index is 2550. The summed E-state index contributed by atoms with van der Waals surface area (Å²) in [6.45, 7) is 3.96. The van der Waals surface area contributed by atoms with E-state index in [2.05, 4.69) is 81.3 Å². The molecule has 0 radical (unpaired) electrons. The Hall–Kier alpha value is -8.32. The molecule has 0 aliphatic rings. The number of aliphatic hydroxyl groups is 2. The van der Waals surface area contributed by atoms with Gasteiger partial charge in [0, 0.05) is 11.1 Å². The zero-order valence-electron chi connectivity index (χ0n) is 42.1. The highest BCUT2D eigenvalue weighted by Crippen LogP contribution is 2.37. The van der Waals surface area contributed by atoms with E-state index in [0.29, 0.717) is 0 Å². The number of carboxylic acids is 2. The van der Waals surface area contributed by atoms with Crippen molar-refractivity contribution in [2.24, 2.45) is 0 Å². The van der Waals surface area contributed by atoms with Gasteiger partial charge in [0.1, 0.15) is 24.3 Å². The smallest absolute Gasteiger partial charge is 0.310 e. The minimum Gasteiger partial charge on any atom is -0.494 e. The van der Waals surface area contributed by atoms with Crippen LogP contribution in [0.15, 0.2) is 170 Å². The normalized spacial score (nSPS) is 12.3. The van der Waals surface area contributed by atoms with E-state index in [1.54, 1.807) is 0 Å². The van der Waals surface area contributed by atoms with Crippen molar-refractivity contribution in [2.45, 2.75) is 51.1 Å². The molecule has 0 heterocycles. The first kappa shape index (κ1) is 64.8. The van der Waals surface area contributed by atoms with Gasteiger partial charge in [-0.2, -0.15) is 0 Å². The van der Waals surface area contributed by atoms with Gasteiger partial charge in [0.2, 0.25) is 0 Å². The summed E-state index contributed by atoms with van der Waals surface area (Å²) in [7, 11) is 0. The number of carbonyl (C=O) groups is 6. The van der Waals surface area contributed by atoms with E-state index in [9.17, 15) is 39.0 Å². The fourth-order valence-corrected chi connectivity index (χ4v) is 7.31. The van der Waals surface area contributed by atoms with Gasteiger partial charge < -0.3 is 54.3 Å². The lowest BCUT2D eigenvalue weighted by molar-refractivity contribution is -0.221. The number of hydrogen-bond acceptors (Lipinski definition) is 14. The molecule has 0 fully saturated rings. The van der Waals surface area contributed by atoms with E-state index in [4.69, 9.17) is 42.9 Å². The summed E-state index contributed by atoms with van der Waals surface area (Å²) in [6.07, 6.45) is 0.271. The van der Waals surface area contributed by atoms with Gasteiger partial charge >= 0.3 is 11.9 Å². The number of ether oxygens (including phenoxy) is 6. The molecule has 6 aromatic rings. The van der Waals surface area contributed by atoms with Gasteiger partial charge in [-0.15, -0.1) is 0 Å². The summed E-state index contributed by atoms with van der Waals surface area (Å²) >= 11 is 13.6. The van der Waals surface area contributed by atoms with Crippen LogP contribution >= 0.6 is 23.2 Å². The molecule has 0 aliphatic heterocycles. The van der Waals surface area contributed by atoms with Crippen molar-refractivity contribution in [3.8, 4) is 11.5 Å². The maximum absolute atomic E-state index is 10.2. The lowest BCUT2D eigenvalue weighted by Gasteiger charge is -2.22. The highest BCUT2D eigenvalue weighted by Gasteiger charge is 2.34. The van der Waals surface area contributed by atoms with Gasteiger partial charge in [0.25, 0.3) is 37.5 Å². The number of rotatable bonds is 26. The average Bonchev–Trinajstić information content (AvgIpc) is 3.43. The molecule has 19 heteroatoms. The summed E-state index contributed by atoms with van der Waals surface area (Å²) in [6, 6.07) is 56.9. The van der Waals surface area contributed by atoms with Crippen LogP contribution in [-0.4, -0.2) is 102 Å². The topological polar surface area (TPSA) is 270 Å². The monoisotopic (exact) mass is 1100 g/mol. The summed E-state index contributed by atoms with van der Waals surface area (Å²) in [5.74, 6) is -5.61. The van der Waals surface area contributed by atoms with Gasteiger partial charge in [-0.3, -0.25) is 28.8 Å². The fraction of sp³-hybridized carbons (Fsp3) is 0.207. The third-order valence-electron chi connectivity index (χ3n) is 9.99. The van der Waals surface area contributed by atoms with Crippen molar-refractivity contribution in [3.05, 3.63) is 203 Å². The molecule has 2 unspecified atom stereocenters. The van der Waals surface area contributed by atoms with E-state index in [0.717, 1.165) is 92.1 Å². The van der Waals surface area contributed by atoms with Gasteiger partial charge in [-0.05, 0) is 70.5 Å². The molecule has 0 amide bonds. The molecule has 408 valence electrons. The number of carbonyl (C=O) groups excluding carboxylic acids is 4. The second kappa shape index (κ2) is 35.8. The van der Waals surface area contributed by atoms with Gasteiger partial charge in [0.15, 0.2) is 13.2 Å². The number of aliphatic carboxylic acids is 2. The Morgan fingerprint density at radius 3 is 0.961 bits per heavy atom. The van der Waals surface area contributed by atoms with E-state index < -0.39 is 49.6 Å². The minimum absolute atomic E-state index is 0. The molecule has 6 aromatic carbocycles. The van der Waals surface area contributed by atoms with Crippen LogP contribution in [0.3, 0.4) is 0 Å². The second-order valence-electron chi connectivity index (χ2n) is 15.9. The van der Waals surface area contributed by atoms with E-state index in [-0.39, 0.29) is 31.4 Å². The first-order chi connectivity index (χ1) is 36.7. The second-order valence-corrected chi connectivity index (χ2v) is 16.6. The number of carboxylic acid groups (broad SMARTS) is 2. The Kier molecular flexibility index (Phi) is 30.1. The largest absolute Gasteiger partial charge is 0.494 e. The summed E-state index contributed by atoms with van der Waals surface area (Å²) in [4.78, 5) is 59.4. The molecule has 77 heavy (non-hydrogen) atoms. The van der Waals surface area contributed by atoms with E-state index in [1.807, 2.05) is 121 Å². The van der Waals surface area contributed by atoms with E-state index >= 15 is 0 Å². The molecule has 0 aromatic heterocycles. The summed E-state index contributed by atoms with van der Waals surface area (Å²) < 4.78 is 27.6. The third kappa shape index (κ3) is 23.4. The zero-order valence-corrected chi connectivity index (χ0v) is 43.6. The van der Waals surface area contributed by atoms with Crippen LogP contribution in [0.1, 0.15) is 72.9 Å². The molecule has 2 atom stereocenters. The van der Waals surface area contributed by atoms with Crippen molar-refractivity contribution >= 4 is 82.2 Å². The molecule has 0 saturated carbocycles. The third-order valence-corrected chi connectivity index (χ3v) is 10.8. The Labute approximate surface area is 455 Å². The molecule has 0 spiro atoms. The van der Waals surface area contributed by atoms with Crippen molar-refractivity contribution in [3.63, 3.8) is 0 Å². The predicted octanol–water partition coefficient (Wildman–Crippen LogP) is 9.43. The van der Waals surface area contributed by atoms with Crippen molar-refractivity contribution in [2.75, 3.05) is 26.4 Å². The van der Waals surface area contributed by atoms with Crippen molar-refractivity contribution in [1.82, 2.24) is 0 Å². The molecule has 6 N–H and O–H groups in total. The Balaban J connectivity index is 0.000000367. The van der Waals surface area contributed by atoms with Crippen molar-refractivity contribution in [1.29, 1.82) is 0 Å². The average molecular weight is 1100 g/mol. The molecule has 17 nitrogen and oxygen atoms in total. The highest BCUT2D eigenvalue weighted by molar-refractivity contribution is 6.53. The van der Waals surface area contributed by atoms with Gasteiger partial charge in [0.05, 0.1) is 23.3 Å². The van der Waals surface area contributed by atoms with Crippen LogP contribution in [0.2, 0.25) is 0 Å². The van der Waals surface area contributed by atoms with Crippen LogP contribution < -0.4 is 9.47 Å². The first-order valence-electron chi connectivity index (χ1n) is 23.4. The minimum atomic E-state index is -2.30. The Morgan fingerprint density at radius 1 is 0.442 bits per heavy atom. The van der Waals surface area contributed by atoms with Crippen LogP contribution in [0.4, 0.5) is 0 Å². The quantitative estimate of drug-likeness (QED) is 0.0170. The standard InChI is InChI=1S/2C23H21ClO.2C6H8O7.H2O/c2*1-2-17-25-21-15-13-19(14-16-21)22(18-9-5-3-6-10-18)23(24)20-11-7-4-8-12-20;2*7-3-12-2-6(11,13-4-8)1-5(9)10;/h2*3-16H,2,17H2,1H3;2*3-4,11H,1-2H2,(H,9,10);1H2/b2*23-22+;;;. The number of halogens is 2. The van der Waals surface area contributed by atoms with Crippen LogP contribution in [0.5, 0.6) is 11.5 Å². The SMILES string of the molecule is CCCOc1ccc(/C(=C(/Cl)c2ccccc2)c2ccccc2)cc1.CCCOc1ccc(/C(=C(/Cl)c2ccccc2)c2ccccc2)cc1.O.O=COCC(O)(CC(=O)O)OC=O.O=COCC(O)(CC(=O)O)OC=O. The van der Waals surface area contributed by atoms with Crippen LogP contribution in [-0.2, 0) is 47.7 Å². The number of hydrogen-bond donors (Lipinski definition) is 4. The molecular formula is C58H60Cl2O17. The van der Waals surface area contributed by atoms with Gasteiger partial charge in [-0.1, -0.05) is 183 Å². The molecular weight excluding hydrogens is 1040 g/mol. The number of benzene rings is 6. The maximum atomic E-state index is 10.2. The summed E-state index contributed by atoms with van der Waals surface area (Å²) in [5.41, 5.74) is 8.40. The Morgan fingerprint density at radius 2 is 0.714 bits per heavy atom. The molecule has 0 saturated heterocycles. The van der Waals surface area contributed by atoms with E-state index in [1.165, 1.54) is 0 Å². The fourth-order valence-electron chi connectivity index (χ4n) is 6.62. The highest BCUT2D eigenvalue weighted by atomic mass is 35.5. The lowest BCUT2D eigenvalue weighted by atomic mass is 9.95. The molecule has 0 bridgehead atoms. The maximum Gasteiger partial charge on any atom is 0.310 e. The van der Waals surface area contributed by atoms with Crippen LogP contribution in [0, 0.1) is 0 Å². The first-order valence-corrected chi connectivity index (χ1v) is 24.1. The molecule has 6 rings (SSSR count). The molecule has 0 aliphatic carbocycles. The zero-order chi connectivity index (χ0) is 55.6.